The minimum atomic E-state index is -0.456. The molecule has 2 rings (SSSR count). The third-order valence-corrected chi connectivity index (χ3v) is 4.24. The van der Waals surface area contributed by atoms with Crippen molar-refractivity contribution in [2.75, 3.05) is 0 Å². The van der Waals surface area contributed by atoms with Gasteiger partial charge in [0, 0.05) is 12.0 Å². The molecule has 0 aromatic heterocycles. The third kappa shape index (κ3) is 2.84. The molecule has 2 atom stereocenters. The summed E-state index contributed by atoms with van der Waals surface area (Å²) < 4.78 is 5.70. The fraction of sp³-hybridized carbons (Fsp3) is 0.389. The number of ether oxygens (including phenoxy) is 1. The largest absolute Gasteiger partial charge is 0.456 e. The summed E-state index contributed by atoms with van der Waals surface area (Å²) in [6.07, 6.45) is 7.30. The highest BCUT2D eigenvalue weighted by Gasteiger charge is 2.41. The van der Waals surface area contributed by atoms with Gasteiger partial charge >= 0.3 is 5.97 Å². The zero-order valence-electron chi connectivity index (χ0n) is 12.1. The van der Waals surface area contributed by atoms with Crippen molar-refractivity contribution >= 4 is 12.0 Å². The summed E-state index contributed by atoms with van der Waals surface area (Å²) in [5.41, 5.74) is 1.89. The van der Waals surface area contributed by atoms with Crippen molar-refractivity contribution in [3.8, 4) is 0 Å². The maximum absolute atomic E-state index is 11.7. The number of benzene rings is 1. The maximum Gasteiger partial charge on any atom is 0.330 e. The summed E-state index contributed by atoms with van der Waals surface area (Å²) in [6.45, 7) is 9.43. The van der Waals surface area contributed by atoms with Gasteiger partial charge in [-0.15, -0.1) is 0 Å². The SMILES string of the molecule is C=CC(=O)OC1(C)CCCCC1c1ccccc1C=C. The number of rotatable bonds is 4. The van der Waals surface area contributed by atoms with E-state index in [1.54, 1.807) is 0 Å². The fourth-order valence-electron chi connectivity index (χ4n) is 3.20. The van der Waals surface area contributed by atoms with Crippen LogP contribution < -0.4 is 0 Å². The molecule has 2 heteroatoms. The molecule has 2 unspecified atom stereocenters. The molecule has 1 fully saturated rings. The van der Waals surface area contributed by atoms with Gasteiger partial charge in [0.15, 0.2) is 0 Å². The van der Waals surface area contributed by atoms with Gasteiger partial charge in [-0.25, -0.2) is 4.79 Å². The second kappa shape index (κ2) is 6.08. The summed E-state index contributed by atoms with van der Waals surface area (Å²) in [6, 6.07) is 8.22. The van der Waals surface area contributed by atoms with E-state index >= 15 is 0 Å². The minimum Gasteiger partial charge on any atom is -0.456 e. The van der Waals surface area contributed by atoms with Crippen LogP contribution in [-0.2, 0) is 9.53 Å². The predicted octanol–water partition coefficient (Wildman–Crippen LogP) is 4.48. The average molecular weight is 270 g/mol. The first-order valence-corrected chi connectivity index (χ1v) is 7.17. The lowest BCUT2D eigenvalue weighted by Gasteiger charge is -2.41. The quantitative estimate of drug-likeness (QED) is 0.596. The van der Waals surface area contributed by atoms with Crippen molar-refractivity contribution in [3.63, 3.8) is 0 Å². The summed E-state index contributed by atoms with van der Waals surface area (Å²) in [5, 5.41) is 0. The Hall–Kier alpha value is -1.83. The Balaban J connectivity index is 2.37. The van der Waals surface area contributed by atoms with Gasteiger partial charge in [0.25, 0.3) is 0 Å². The van der Waals surface area contributed by atoms with Gasteiger partial charge in [-0.05, 0) is 37.3 Å². The van der Waals surface area contributed by atoms with Crippen LogP contribution in [0.4, 0.5) is 0 Å². The van der Waals surface area contributed by atoms with Gasteiger partial charge in [-0.1, -0.05) is 49.9 Å². The third-order valence-electron chi connectivity index (χ3n) is 4.24. The van der Waals surface area contributed by atoms with Crippen LogP contribution in [0.1, 0.15) is 49.7 Å². The Bertz CT molecular complexity index is 518. The first-order chi connectivity index (χ1) is 9.60. The molecule has 0 heterocycles. The standard InChI is InChI=1S/C18H22O2/c1-4-14-10-6-7-11-15(14)16-12-8-9-13-18(16,3)20-17(19)5-2/h4-7,10-11,16H,1-2,8-9,12-13H2,3H3. The molecular weight excluding hydrogens is 248 g/mol. The smallest absolute Gasteiger partial charge is 0.330 e. The number of carbonyl (C=O) groups excluding carboxylic acids is 1. The van der Waals surface area contributed by atoms with Crippen molar-refractivity contribution in [2.45, 2.75) is 44.1 Å². The molecule has 0 N–H and O–H groups in total. The number of carbonyl (C=O) groups is 1. The summed E-state index contributed by atoms with van der Waals surface area (Å²) >= 11 is 0. The van der Waals surface area contributed by atoms with Crippen LogP contribution in [0.15, 0.2) is 43.5 Å². The lowest BCUT2D eigenvalue weighted by molar-refractivity contribution is -0.157. The van der Waals surface area contributed by atoms with E-state index in [1.165, 1.54) is 11.6 Å². The molecule has 1 aliphatic carbocycles. The zero-order valence-corrected chi connectivity index (χ0v) is 12.1. The molecule has 0 bridgehead atoms. The molecule has 0 amide bonds. The highest BCUT2D eigenvalue weighted by molar-refractivity contribution is 5.81. The van der Waals surface area contributed by atoms with E-state index in [4.69, 9.17) is 4.74 Å². The van der Waals surface area contributed by atoms with Crippen LogP contribution in [-0.4, -0.2) is 11.6 Å². The van der Waals surface area contributed by atoms with E-state index < -0.39 is 5.60 Å². The molecule has 106 valence electrons. The molecule has 1 aromatic rings. The molecule has 0 saturated heterocycles. The Kier molecular flexibility index (Phi) is 4.43. The van der Waals surface area contributed by atoms with Crippen LogP contribution >= 0.6 is 0 Å². The molecule has 2 nitrogen and oxygen atoms in total. The van der Waals surface area contributed by atoms with Gasteiger partial charge in [0.1, 0.15) is 5.60 Å². The van der Waals surface area contributed by atoms with Gasteiger partial charge < -0.3 is 4.74 Å². The topological polar surface area (TPSA) is 26.3 Å². The van der Waals surface area contributed by atoms with E-state index in [9.17, 15) is 4.79 Å². The number of hydrogen-bond donors (Lipinski definition) is 0. The molecule has 0 radical (unpaired) electrons. The van der Waals surface area contributed by atoms with Crippen molar-refractivity contribution in [3.05, 3.63) is 54.6 Å². The minimum absolute atomic E-state index is 0.217. The van der Waals surface area contributed by atoms with Crippen molar-refractivity contribution in [1.29, 1.82) is 0 Å². The van der Waals surface area contributed by atoms with E-state index in [1.807, 2.05) is 25.1 Å². The first-order valence-electron chi connectivity index (χ1n) is 7.17. The van der Waals surface area contributed by atoms with Crippen LogP contribution in [0, 0.1) is 0 Å². The Labute approximate surface area is 121 Å². The molecule has 20 heavy (non-hydrogen) atoms. The molecular formula is C18H22O2. The molecule has 1 aromatic carbocycles. The van der Waals surface area contributed by atoms with Crippen LogP contribution in [0.2, 0.25) is 0 Å². The van der Waals surface area contributed by atoms with Gasteiger partial charge in [0.2, 0.25) is 0 Å². The van der Waals surface area contributed by atoms with Crippen molar-refractivity contribution in [2.24, 2.45) is 0 Å². The predicted molar refractivity (Wildman–Crippen MR) is 82.4 cm³/mol. The van der Waals surface area contributed by atoms with Crippen molar-refractivity contribution < 1.29 is 9.53 Å². The fourth-order valence-corrected chi connectivity index (χ4v) is 3.20. The van der Waals surface area contributed by atoms with E-state index in [2.05, 4.69) is 25.3 Å². The molecule has 1 aliphatic rings. The Morgan fingerprint density at radius 1 is 1.35 bits per heavy atom. The van der Waals surface area contributed by atoms with E-state index in [0.717, 1.165) is 31.2 Å². The second-order valence-corrected chi connectivity index (χ2v) is 5.57. The normalized spacial score (nSPS) is 25.8. The summed E-state index contributed by atoms with van der Waals surface area (Å²) in [7, 11) is 0. The van der Waals surface area contributed by atoms with Gasteiger partial charge in [0.05, 0.1) is 0 Å². The van der Waals surface area contributed by atoms with E-state index in [0.29, 0.717) is 0 Å². The average Bonchev–Trinajstić information content (AvgIpc) is 2.47. The van der Waals surface area contributed by atoms with Crippen LogP contribution in [0.5, 0.6) is 0 Å². The zero-order chi connectivity index (χ0) is 14.6. The second-order valence-electron chi connectivity index (χ2n) is 5.57. The molecule has 0 aliphatic heterocycles. The Morgan fingerprint density at radius 2 is 2.10 bits per heavy atom. The summed E-state index contributed by atoms with van der Waals surface area (Å²) in [4.78, 5) is 11.7. The van der Waals surface area contributed by atoms with Crippen LogP contribution in [0.25, 0.3) is 6.08 Å². The number of esters is 1. The van der Waals surface area contributed by atoms with Gasteiger partial charge in [-0.2, -0.15) is 0 Å². The molecule has 1 saturated carbocycles. The highest BCUT2D eigenvalue weighted by Crippen LogP contribution is 2.44. The first kappa shape index (κ1) is 14.6. The monoisotopic (exact) mass is 270 g/mol. The summed E-state index contributed by atoms with van der Waals surface area (Å²) in [5.74, 6) is -0.121. The lowest BCUT2D eigenvalue weighted by atomic mass is 9.71. The lowest BCUT2D eigenvalue weighted by Crippen LogP contribution is -2.40. The maximum atomic E-state index is 11.7. The Morgan fingerprint density at radius 3 is 2.80 bits per heavy atom. The van der Waals surface area contributed by atoms with E-state index in [-0.39, 0.29) is 11.9 Å². The molecule has 0 spiro atoms. The van der Waals surface area contributed by atoms with Crippen LogP contribution in [0.3, 0.4) is 0 Å². The van der Waals surface area contributed by atoms with Crippen molar-refractivity contribution in [1.82, 2.24) is 0 Å². The van der Waals surface area contributed by atoms with Gasteiger partial charge in [-0.3, -0.25) is 0 Å². The number of hydrogen-bond acceptors (Lipinski definition) is 2. The highest BCUT2D eigenvalue weighted by atomic mass is 16.6.